The molecule has 0 aliphatic carbocycles. The molecule has 0 unspecified atom stereocenters. The zero-order valence-electron chi connectivity index (χ0n) is 12.6. The van der Waals surface area contributed by atoms with Gasteiger partial charge in [0.2, 0.25) is 0 Å². The molecule has 8 nitrogen and oxygen atoms in total. The average molecular weight is 308 g/mol. The van der Waals surface area contributed by atoms with Gasteiger partial charge in [0.25, 0.3) is 11.4 Å². The molecular weight excluding hydrogens is 288 g/mol. The highest BCUT2D eigenvalue weighted by Gasteiger charge is 2.24. The van der Waals surface area contributed by atoms with Gasteiger partial charge >= 0.3 is 0 Å². The molecule has 0 spiro atoms. The lowest BCUT2D eigenvalue weighted by Crippen LogP contribution is -2.31. The molecule has 0 saturated carbocycles. The number of hydrogen-bond acceptors (Lipinski definition) is 6. The molecule has 1 heterocycles. The fraction of sp³-hybridized carbons (Fsp3) is 0.571. The first-order valence-corrected chi connectivity index (χ1v) is 7.43. The number of hydrogen-bond donors (Lipinski definition) is 0. The number of nitrogens with zero attached hydrogens (tertiary/aromatic N) is 4. The fourth-order valence-electron chi connectivity index (χ4n) is 2.79. The van der Waals surface area contributed by atoms with Gasteiger partial charge in [0.1, 0.15) is 5.69 Å². The second kappa shape index (κ2) is 7.17. The van der Waals surface area contributed by atoms with E-state index in [9.17, 15) is 20.2 Å². The molecule has 1 aromatic rings. The van der Waals surface area contributed by atoms with Crippen LogP contribution >= 0.6 is 0 Å². The Kier molecular flexibility index (Phi) is 5.26. The van der Waals surface area contributed by atoms with E-state index >= 15 is 0 Å². The third-order valence-corrected chi connectivity index (χ3v) is 3.84. The molecule has 0 radical (unpaired) electrons. The highest BCUT2D eigenvalue weighted by Crippen LogP contribution is 2.32. The second-order valence-electron chi connectivity index (χ2n) is 5.37. The quantitative estimate of drug-likeness (QED) is 0.612. The van der Waals surface area contributed by atoms with E-state index in [0.717, 1.165) is 45.1 Å². The summed E-state index contributed by atoms with van der Waals surface area (Å²) in [5.74, 6) is 0. The Hall–Kier alpha value is -2.22. The van der Waals surface area contributed by atoms with Gasteiger partial charge in [-0.15, -0.1) is 0 Å². The summed E-state index contributed by atoms with van der Waals surface area (Å²) >= 11 is 0. The fourth-order valence-corrected chi connectivity index (χ4v) is 2.79. The molecule has 0 amide bonds. The monoisotopic (exact) mass is 308 g/mol. The largest absolute Gasteiger partial charge is 0.365 e. The summed E-state index contributed by atoms with van der Waals surface area (Å²) in [6.07, 6.45) is 2.01. The lowest BCUT2D eigenvalue weighted by atomic mass is 10.2. The molecular formula is C14H20N4O4. The van der Waals surface area contributed by atoms with Crippen molar-refractivity contribution in [1.82, 2.24) is 4.90 Å². The van der Waals surface area contributed by atoms with Gasteiger partial charge in [-0.25, -0.2) is 0 Å². The summed E-state index contributed by atoms with van der Waals surface area (Å²) < 4.78 is 0. The van der Waals surface area contributed by atoms with Gasteiger partial charge in [-0.2, -0.15) is 0 Å². The van der Waals surface area contributed by atoms with Gasteiger partial charge in [0, 0.05) is 25.7 Å². The number of benzene rings is 1. The lowest BCUT2D eigenvalue weighted by Gasteiger charge is -2.23. The van der Waals surface area contributed by atoms with Crippen molar-refractivity contribution in [3.8, 4) is 0 Å². The van der Waals surface area contributed by atoms with E-state index in [1.807, 2.05) is 4.90 Å². The molecule has 1 aliphatic rings. The molecule has 0 atom stereocenters. The smallest absolute Gasteiger partial charge is 0.299 e. The maximum Gasteiger partial charge on any atom is 0.299 e. The Morgan fingerprint density at radius 2 is 1.86 bits per heavy atom. The Morgan fingerprint density at radius 1 is 1.09 bits per heavy atom. The predicted octanol–water partition coefficient (Wildman–Crippen LogP) is 2.43. The summed E-state index contributed by atoms with van der Waals surface area (Å²) in [6.45, 7) is 6.39. The van der Waals surface area contributed by atoms with E-state index < -0.39 is 9.85 Å². The van der Waals surface area contributed by atoms with Gasteiger partial charge in [0.05, 0.1) is 15.9 Å². The van der Waals surface area contributed by atoms with Crippen molar-refractivity contribution in [2.24, 2.45) is 0 Å². The van der Waals surface area contributed by atoms with Crippen molar-refractivity contribution in [1.29, 1.82) is 0 Å². The van der Waals surface area contributed by atoms with Crippen LogP contribution in [0.3, 0.4) is 0 Å². The van der Waals surface area contributed by atoms with Crippen molar-refractivity contribution in [3.05, 3.63) is 38.4 Å². The maximum atomic E-state index is 11.2. The summed E-state index contributed by atoms with van der Waals surface area (Å²) in [7, 11) is 0. The molecule has 1 aliphatic heterocycles. The van der Waals surface area contributed by atoms with Gasteiger partial charge in [-0.3, -0.25) is 20.2 Å². The van der Waals surface area contributed by atoms with Crippen LogP contribution in [-0.4, -0.2) is 47.5 Å². The van der Waals surface area contributed by atoms with Crippen LogP contribution in [0.15, 0.2) is 18.2 Å². The first-order chi connectivity index (χ1) is 10.5. The normalized spacial score (nSPS) is 16.3. The zero-order chi connectivity index (χ0) is 16.1. The Bertz CT molecular complexity index is 564. The van der Waals surface area contributed by atoms with E-state index in [1.54, 1.807) is 0 Å². The van der Waals surface area contributed by atoms with Crippen LogP contribution < -0.4 is 4.90 Å². The number of non-ortho nitro benzene ring substituents is 1. The third-order valence-electron chi connectivity index (χ3n) is 3.84. The summed E-state index contributed by atoms with van der Waals surface area (Å²) in [5.41, 5.74) is 0.0185. The van der Waals surface area contributed by atoms with Gasteiger partial charge in [0.15, 0.2) is 0 Å². The summed E-state index contributed by atoms with van der Waals surface area (Å²) in [6, 6.07) is 3.87. The van der Waals surface area contributed by atoms with Crippen molar-refractivity contribution >= 4 is 17.1 Å². The molecule has 0 aromatic heterocycles. The Morgan fingerprint density at radius 3 is 2.50 bits per heavy atom. The minimum Gasteiger partial charge on any atom is -0.365 e. The SMILES string of the molecule is CCCN1CCCN(c2ccc([N+](=O)[O-])cc2[N+](=O)[O-])CC1. The molecule has 1 aromatic carbocycles. The van der Waals surface area contributed by atoms with Crippen LogP contribution in [-0.2, 0) is 0 Å². The molecule has 0 N–H and O–H groups in total. The van der Waals surface area contributed by atoms with Crippen LogP contribution in [0, 0.1) is 20.2 Å². The molecule has 1 saturated heterocycles. The number of rotatable bonds is 5. The lowest BCUT2D eigenvalue weighted by molar-refractivity contribution is -0.393. The number of nitro benzene ring substituents is 2. The van der Waals surface area contributed by atoms with Gasteiger partial charge in [-0.05, 0) is 32.0 Å². The third kappa shape index (κ3) is 3.70. The van der Waals surface area contributed by atoms with E-state index in [2.05, 4.69) is 11.8 Å². The van der Waals surface area contributed by atoms with E-state index in [4.69, 9.17) is 0 Å². The first kappa shape index (κ1) is 16.2. The van der Waals surface area contributed by atoms with Crippen LogP contribution in [0.2, 0.25) is 0 Å². The highest BCUT2D eigenvalue weighted by molar-refractivity contribution is 5.66. The van der Waals surface area contributed by atoms with Gasteiger partial charge in [-0.1, -0.05) is 6.92 Å². The van der Waals surface area contributed by atoms with Crippen molar-refractivity contribution in [3.63, 3.8) is 0 Å². The molecule has 120 valence electrons. The average Bonchev–Trinajstić information content (AvgIpc) is 2.72. The highest BCUT2D eigenvalue weighted by atomic mass is 16.6. The van der Waals surface area contributed by atoms with Crippen molar-refractivity contribution < 1.29 is 9.85 Å². The number of nitro groups is 2. The van der Waals surface area contributed by atoms with E-state index in [0.29, 0.717) is 12.2 Å². The van der Waals surface area contributed by atoms with Crippen LogP contribution in [0.4, 0.5) is 17.1 Å². The topological polar surface area (TPSA) is 92.8 Å². The standard InChI is InChI=1S/C14H20N4O4/c1-2-6-15-7-3-8-16(10-9-15)13-5-4-12(17(19)20)11-14(13)18(21)22/h4-5,11H,2-3,6-10H2,1H3. The zero-order valence-corrected chi connectivity index (χ0v) is 12.6. The van der Waals surface area contributed by atoms with Crippen molar-refractivity contribution in [2.75, 3.05) is 37.6 Å². The van der Waals surface area contributed by atoms with Crippen LogP contribution in [0.1, 0.15) is 19.8 Å². The Balaban J connectivity index is 2.24. The summed E-state index contributed by atoms with van der Waals surface area (Å²) in [5, 5.41) is 22.0. The van der Waals surface area contributed by atoms with E-state index in [1.165, 1.54) is 12.1 Å². The Labute approximate surface area is 128 Å². The van der Waals surface area contributed by atoms with Crippen molar-refractivity contribution in [2.45, 2.75) is 19.8 Å². The molecule has 1 fully saturated rings. The molecule has 22 heavy (non-hydrogen) atoms. The molecule has 2 rings (SSSR count). The molecule has 8 heteroatoms. The molecule has 0 bridgehead atoms. The maximum absolute atomic E-state index is 11.2. The predicted molar refractivity (Wildman–Crippen MR) is 83.3 cm³/mol. The number of anilines is 1. The summed E-state index contributed by atoms with van der Waals surface area (Å²) in [4.78, 5) is 25.2. The minimum absolute atomic E-state index is 0.196. The first-order valence-electron chi connectivity index (χ1n) is 7.43. The minimum atomic E-state index is -0.609. The van der Waals surface area contributed by atoms with Gasteiger partial charge < -0.3 is 9.80 Å². The van der Waals surface area contributed by atoms with Crippen LogP contribution in [0.5, 0.6) is 0 Å². The van der Waals surface area contributed by atoms with Crippen LogP contribution in [0.25, 0.3) is 0 Å². The van der Waals surface area contributed by atoms with E-state index in [-0.39, 0.29) is 11.4 Å². The second-order valence-corrected chi connectivity index (χ2v) is 5.37.